The van der Waals surface area contributed by atoms with Crippen LogP contribution in [0.15, 0.2) is 18.2 Å². The van der Waals surface area contributed by atoms with E-state index in [2.05, 4.69) is 5.32 Å². The molecule has 108 valence electrons. The Balaban J connectivity index is 2.09. The van der Waals surface area contributed by atoms with Gasteiger partial charge < -0.3 is 15.8 Å². The van der Waals surface area contributed by atoms with Crippen LogP contribution in [0.4, 0.5) is 11.4 Å². The van der Waals surface area contributed by atoms with Gasteiger partial charge in [0, 0.05) is 19.1 Å². The van der Waals surface area contributed by atoms with Gasteiger partial charge in [-0.1, -0.05) is 6.07 Å². The summed E-state index contributed by atoms with van der Waals surface area (Å²) >= 11 is 0. The minimum atomic E-state index is -0.633. The van der Waals surface area contributed by atoms with Crippen LogP contribution in [-0.2, 0) is 4.74 Å². The molecule has 0 aromatic heterocycles. The Morgan fingerprint density at radius 2 is 2.35 bits per heavy atom. The van der Waals surface area contributed by atoms with Crippen molar-refractivity contribution in [1.29, 1.82) is 0 Å². The van der Waals surface area contributed by atoms with Crippen molar-refractivity contribution in [1.82, 2.24) is 5.32 Å². The molecule has 2 unspecified atom stereocenters. The summed E-state index contributed by atoms with van der Waals surface area (Å²) in [5, 5.41) is 13.7. The first-order chi connectivity index (χ1) is 9.50. The van der Waals surface area contributed by atoms with Crippen molar-refractivity contribution in [2.75, 3.05) is 18.9 Å². The minimum Gasteiger partial charge on any atom is -0.393 e. The highest BCUT2D eigenvalue weighted by Crippen LogP contribution is 2.26. The fourth-order valence-corrected chi connectivity index (χ4v) is 2.31. The number of nitrogens with one attached hydrogen (secondary N) is 1. The summed E-state index contributed by atoms with van der Waals surface area (Å²) in [6.07, 6.45) is 0.964. The maximum atomic E-state index is 12.1. The highest BCUT2D eigenvalue weighted by molar-refractivity contribution is 6.00. The first-order valence-electron chi connectivity index (χ1n) is 6.43. The average molecular weight is 279 g/mol. The second kappa shape index (κ2) is 5.87. The molecule has 3 N–H and O–H groups in total. The molecule has 1 saturated heterocycles. The molecule has 0 spiro atoms. The van der Waals surface area contributed by atoms with Crippen LogP contribution in [0, 0.1) is 16.0 Å². The van der Waals surface area contributed by atoms with E-state index in [1.54, 1.807) is 0 Å². The molecule has 0 bridgehead atoms. The van der Waals surface area contributed by atoms with Crippen molar-refractivity contribution in [2.24, 2.45) is 5.92 Å². The number of nitro benzene ring substituents is 1. The van der Waals surface area contributed by atoms with E-state index in [-0.39, 0.29) is 29.0 Å². The van der Waals surface area contributed by atoms with Crippen molar-refractivity contribution in [3.8, 4) is 0 Å². The Kier molecular flexibility index (Phi) is 4.19. The summed E-state index contributed by atoms with van der Waals surface area (Å²) in [6, 6.07) is 4.33. The standard InChI is InChI=1S/C13H17N3O4/c1-8-9(5-6-20-8)7-15-13(17)10-3-2-4-11(14)12(10)16(18)19/h2-4,8-9H,5-7,14H2,1H3,(H,15,17). The van der Waals surface area contributed by atoms with Crippen LogP contribution in [0.3, 0.4) is 0 Å². The molecule has 1 fully saturated rings. The van der Waals surface area contributed by atoms with Gasteiger partial charge in [-0.2, -0.15) is 0 Å². The molecule has 1 aliphatic rings. The van der Waals surface area contributed by atoms with Crippen LogP contribution in [0.5, 0.6) is 0 Å². The molecule has 0 saturated carbocycles. The third-order valence-corrected chi connectivity index (χ3v) is 3.55. The summed E-state index contributed by atoms with van der Waals surface area (Å²) < 4.78 is 5.40. The first kappa shape index (κ1) is 14.3. The zero-order chi connectivity index (χ0) is 14.7. The first-order valence-corrected chi connectivity index (χ1v) is 6.43. The van der Waals surface area contributed by atoms with E-state index >= 15 is 0 Å². The smallest absolute Gasteiger partial charge is 0.304 e. The molecule has 1 aliphatic heterocycles. The van der Waals surface area contributed by atoms with Crippen molar-refractivity contribution < 1.29 is 14.5 Å². The number of nitro groups is 1. The van der Waals surface area contributed by atoms with Gasteiger partial charge in [0.05, 0.1) is 11.0 Å². The Bertz CT molecular complexity index is 532. The van der Waals surface area contributed by atoms with Crippen LogP contribution in [0.25, 0.3) is 0 Å². The lowest BCUT2D eigenvalue weighted by molar-refractivity contribution is -0.384. The van der Waals surface area contributed by atoms with Crippen LogP contribution < -0.4 is 11.1 Å². The second-order valence-corrected chi connectivity index (χ2v) is 4.84. The SMILES string of the molecule is CC1OCCC1CNC(=O)c1cccc(N)c1[N+](=O)[O-]. The van der Waals surface area contributed by atoms with Gasteiger partial charge in [0.2, 0.25) is 0 Å². The number of benzene rings is 1. The number of nitrogens with zero attached hydrogens (tertiary/aromatic N) is 1. The number of carbonyl (C=O) groups is 1. The van der Waals surface area contributed by atoms with Crippen LogP contribution in [0.2, 0.25) is 0 Å². The molecule has 1 aromatic rings. The number of nitrogen functional groups attached to an aromatic ring is 1. The van der Waals surface area contributed by atoms with E-state index in [1.807, 2.05) is 6.92 Å². The lowest BCUT2D eigenvalue weighted by atomic mass is 10.0. The number of para-hydroxylation sites is 1. The second-order valence-electron chi connectivity index (χ2n) is 4.84. The fourth-order valence-electron chi connectivity index (χ4n) is 2.31. The number of rotatable bonds is 4. The Hall–Kier alpha value is -2.15. The predicted molar refractivity (Wildman–Crippen MR) is 73.4 cm³/mol. The molecule has 7 nitrogen and oxygen atoms in total. The normalized spacial score (nSPS) is 21.6. The quantitative estimate of drug-likeness (QED) is 0.491. The highest BCUT2D eigenvalue weighted by Gasteiger charge is 2.27. The molecule has 0 radical (unpaired) electrons. The molecule has 2 atom stereocenters. The Morgan fingerprint density at radius 3 is 2.95 bits per heavy atom. The van der Waals surface area contributed by atoms with Crippen molar-refractivity contribution in [3.63, 3.8) is 0 Å². The average Bonchev–Trinajstić information content (AvgIpc) is 2.80. The van der Waals surface area contributed by atoms with Crippen LogP contribution in [-0.4, -0.2) is 30.1 Å². The number of hydrogen-bond acceptors (Lipinski definition) is 5. The molecule has 1 aromatic carbocycles. The molecule has 1 amide bonds. The van der Waals surface area contributed by atoms with Gasteiger partial charge in [0.15, 0.2) is 0 Å². The fraction of sp³-hybridized carbons (Fsp3) is 0.462. The maximum Gasteiger partial charge on any atom is 0.304 e. The van der Waals surface area contributed by atoms with Crippen LogP contribution >= 0.6 is 0 Å². The van der Waals surface area contributed by atoms with Gasteiger partial charge in [-0.3, -0.25) is 14.9 Å². The number of ether oxygens (including phenoxy) is 1. The largest absolute Gasteiger partial charge is 0.393 e. The predicted octanol–water partition coefficient (Wildman–Crippen LogP) is 1.33. The number of nitrogens with two attached hydrogens (primary N) is 1. The summed E-state index contributed by atoms with van der Waals surface area (Å²) in [4.78, 5) is 22.4. The van der Waals surface area contributed by atoms with Crippen molar-refractivity contribution in [2.45, 2.75) is 19.4 Å². The van der Waals surface area contributed by atoms with Gasteiger partial charge in [-0.25, -0.2) is 0 Å². The maximum absolute atomic E-state index is 12.1. The summed E-state index contributed by atoms with van der Waals surface area (Å²) in [6.45, 7) is 3.07. The molecule has 20 heavy (non-hydrogen) atoms. The molecule has 1 heterocycles. The number of carbonyl (C=O) groups excluding carboxylic acids is 1. The Morgan fingerprint density at radius 1 is 1.60 bits per heavy atom. The van der Waals surface area contributed by atoms with E-state index in [1.165, 1.54) is 18.2 Å². The lowest BCUT2D eigenvalue weighted by Gasteiger charge is -2.14. The van der Waals surface area contributed by atoms with Crippen LogP contribution in [0.1, 0.15) is 23.7 Å². The summed E-state index contributed by atoms with van der Waals surface area (Å²) in [5.74, 6) is -0.248. The van der Waals surface area contributed by atoms with Gasteiger partial charge in [0.1, 0.15) is 11.3 Å². The monoisotopic (exact) mass is 279 g/mol. The third kappa shape index (κ3) is 2.88. The number of anilines is 1. The van der Waals surface area contributed by atoms with E-state index in [0.29, 0.717) is 13.2 Å². The van der Waals surface area contributed by atoms with Gasteiger partial charge in [-0.05, 0) is 25.5 Å². The zero-order valence-electron chi connectivity index (χ0n) is 11.2. The number of hydrogen-bond donors (Lipinski definition) is 2. The van der Waals surface area contributed by atoms with E-state index in [9.17, 15) is 14.9 Å². The van der Waals surface area contributed by atoms with Gasteiger partial charge in [0.25, 0.3) is 5.91 Å². The number of amides is 1. The van der Waals surface area contributed by atoms with E-state index in [4.69, 9.17) is 10.5 Å². The third-order valence-electron chi connectivity index (χ3n) is 3.55. The lowest BCUT2D eigenvalue weighted by Crippen LogP contribution is -2.32. The van der Waals surface area contributed by atoms with E-state index < -0.39 is 10.8 Å². The summed E-state index contributed by atoms with van der Waals surface area (Å²) in [5.41, 5.74) is 5.19. The Labute approximate surface area is 116 Å². The minimum absolute atomic E-state index is 0.0124. The summed E-state index contributed by atoms with van der Waals surface area (Å²) in [7, 11) is 0. The molecule has 7 heteroatoms. The zero-order valence-corrected chi connectivity index (χ0v) is 11.2. The van der Waals surface area contributed by atoms with Crippen molar-refractivity contribution >= 4 is 17.3 Å². The van der Waals surface area contributed by atoms with Crippen molar-refractivity contribution in [3.05, 3.63) is 33.9 Å². The molecular formula is C13H17N3O4. The van der Waals surface area contributed by atoms with E-state index in [0.717, 1.165) is 6.42 Å². The molecular weight excluding hydrogens is 262 g/mol. The topological polar surface area (TPSA) is 107 Å². The highest BCUT2D eigenvalue weighted by atomic mass is 16.6. The molecule has 2 rings (SSSR count). The van der Waals surface area contributed by atoms with Gasteiger partial charge in [-0.15, -0.1) is 0 Å². The molecule has 0 aliphatic carbocycles. The van der Waals surface area contributed by atoms with Gasteiger partial charge >= 0.3 is 5.69 Å².